The Hall–Kier alpha value is -1.52. The van der Waals surface area contributed by atoms with Crippen LogP contribution in [0.15, 0.2) is 30.3 Å². The molecule has 22 heavy (non-hydrogen) atoms. The number of allylic oxidation sites excluding steroid dienone is 1. The van der Waals surface area contributed by atoms with Gasteiger partial charge < -0.3 is 0 Å². The van der Waals surface area contributed by atoms with Crippen molar-refractivity contribution in [3.05, 3.63) is 41.5 Å². The Morgan fingerprint density at radius 3 is 2.32 bits per heavy atom. The van der Waals surface area contributed by atoms with Crippen molar-refractivity contribution < 1.29 is 9.59 Å². The van der Waals surface area contributed by atoms with Gasteiger partial charge in [0.05, 0.1) is 0 Å². The zero-order chi connectivity index (χ0) is 15.5. The molecule has 6 heteroatoms. The molecular weight excluding hydrogens is 323 g/mol. The summed E-state index contributed by atoms with van der Waals surface area (Å²) in [6, 6.07) is 7.66. The molecule has 0 N–H and O–H groups in total. The van der Waals surface area contributed by atoms with Crippen molar-refractivity contribution in [1.29, 1.82) is 0 Å². The molecular formula is C16H14Cl2N2O2. The van der Waals surface area contributed by atoms with Gasteiger partial charge in [0.1, 0.15) is 5.54 Å². The highest BCUT2D eigenvalue weighted by Gasteiger charge is 2.60. The molecule has 1 saturated heterocycles. The number of fused-ring (bicyclic) bond motifs is 2. The van der Waals surface area contributed by atoms with Gasteiger partial charge in [0.2, 0.25) is 0 Å². The van der Waals surface area contributed by atoms with Crippen LogP contribution in [0.3, 0.4) is 0 Å². The molecule has 2 aliphatic carbocycles. The van der Waals surface area contributed by atoms with E-state index in [-0.39, 0.29) is 5.41 Å². The van der Waals surface area contributed by atoms with Crippen LogP contribution in [0.25, 0.3) is 6.08 Å². The van der Waals surface area contributed by atoms with Crippen LogP contribution in [0, 0.1) is 0 Å². The first-order valence-corrected chi connectivity index (χ1v) is 7.97. The minimum atomic E-state index is -0.989. The Bertz CT molecular complexity index is 708. The predicted octanol–water partition coefficient (Wildman–Crippen LogP) is 3.84. The van der Waals surface area contributed by atoms with Gasteiger partial charge in [0, 0.05) is 29.0 Å². The molecule has 3 aliphatic rings. The third-order valence-electron chi connectivity index (χ3n) is 5.34. The lowest BCUT2D eigenvalue weighted by molar-refractivity contribution is -0.131. The Morgan fingerprint density at radius 1 is 1.00 bits per heavy atom. The van der Waals surface area contributed by atoms with Crippen LogP contribution in [-0.4, -0.2) is 26.3 Å². The van der Waals surface area contributed by atoms with Crippen LogP contribution >= 0.6 is 23.6 Å². The molecule has 1 saturated carbocycles. The standard InChI is InChI=1S/C16H14Cl2N2O2/c17-19-13(21)16(20(18)14(19)22)9-7-15(8-10-16)6-5-11-3-1-2-4-12(11)15/h1-6H,7-10H2. The highest BCUT2D eigenvalue weighted by atomic mass is 35.5. The number of halogens is 2. The number of rotatable bonds is 0. The molecule has 3 amide bonds. The summed E-state index contributed by atoms with van der Waals surface area (Å²) < 4.78 is 1.61. The molecule has 1 heterocycles. The molecule has 0 unspecified atom stereocenters. The molecule has 0 radical (unpaired) electrons. The quantitative estimate of drug-likeness (QED) is 0.533. The van der Waals surface area contributed by atoms with Gasteiger partial charge in [-0.2, -0.15) is 4.42 Å². The van der Waals surface area contributed by atoms with Crippen LogP contribution in [0.2, 0.25) is 0 Å². The first-order valence-electron chi connectivity index (χ1n) is 7.29. The van der Waals surface area contributed by atoms with Crippen molar-refractivity contribution in [2.24, 2.45) is 0 Å². The summed E-state index contributed by atoms with van der Waals surface area (Å²) in [5, 5.41) is 0. The molecule has 2 spiro atoms. The van der Waals surface area contributed by atoms with E-state index in [0.717, 1.165) is 17.3 Å². The zero-order valence-corrected chi connectivity index (χ0v) is 13.3. The van der Waals surface area contributed by atoms with Crippen LogP contribution in [-0.2, 0) is 10.2 Å². The van der Waals surface area contributed by atoms with Gasteiger partial charge in [-0.1, -0.05) is 36.4 Å². The number of imide groups is 1. The molecule has 4 rings (SSSR count). The lowest BCUT2D eigenvalue weighted by Crippen LogP contribution is -2.50. The number of nitrogens with zero attached hydrogens (tertiary/aromatic N) is 2. The van der Waals surface area contributed by atoms with Crippen molar-refractivity contribution in [2.45, 2.75) is 36.6 Å². The van der Waals surface area contributed by atoms with E-state index in [0.29, 0.717) is 17.3 Å². The third-order valence-corrected chi connectivity index (χ3v) is 6.10. The van der Waals surface area contributed by atoms with Crippen molar-refractivity contribution in [2.75, 3.05) is 0 Å². The van der Waals surface area contributed by atoms with Gasteiger partial charge in [0.15, 0.2) is 0 Å². The SMILES string of the molecule is O=C1N(Cl)C(=O)C2(CCC3(C=Cc4ccccc43)CC2)N1Cl. The van der Waals surface area contributed by atoms with E-state index in [9.17, 15) is 9.59 Å². The van der Waals surface area contributed by atoms with Gasteiger partial charge in [0.25, 0.3) is 5.91 Å². The first-order chi connectivity index (χ1) is 10.5. The Labute approximate surface area is 138 Å². The number of urea groups is 1. The van der Waals surface area contributed by atoms with Gasteiger partial charge >= 0.3 is 6.03 Å². The lowest BCUT2D eigenvalue weighted by Gasteiger charge is -2.42. The molecule has 0 bridgehead atoms. The van der Waals surface area contributed by atoms with Crippen molar-refractivity contribution in [3.8, 4) is 0 Å². The number of carbonyl (C=O) groups excluding carboxylic acids is 2. The van der Waals surface area contributed by atoms with E-state index in [4.69, 9.17) is 23.6 Å². The lowest BCUT2D eigenvalue weighted by atomic mass is 9.65. The zero-order valence-electron chi connectivity index (χ0n) is 11.8. The molecule has 4 nitrogen and oxygen atoms in total. The van der Waals surface area contributed by atoms with Crippen LogP contribution in [0.4, 0.5) is 4.79 Å². The topological polar surface area (TPSA) is 40.6 Å². The molecule has 0 aromatic heterocycles. The highest BCUT2D eigenvalue weighted by molar-refractivity contribution is 6.39. The summed E-state index contributed by atoms with van der Waals surface area (Å²) in [7, 11) is 0. The summed E-state index contributed by atoms with van der Waals surface area (Å²) in [6.45, 7) is 0. The monoisotopic (exact) mass is 336 g/mol. The molecule has 0 atom stereocenters. The number of carbonyl (C=O) groups is 2. The largest absolute Gasteiger partial charge is 0.357 e. The second-order valence-electron chi connectivity index (χ2n) is 6.26. The average Bonchev–Trinajstić information content (AvgIpc) is 2.98. The summed E-state index contributed by atoms with van der Waals surface area (Å²) in [4.78, 5) is 24.2. The summed E-state index contributed by atoms with van der Waals surface area (Å²) in [6.07, 6.45) is 6.94. The molecule has 1 aliphatic heterocycles. The fraction of sp³-hybridized carbons (Fsp3) is 0.375. The van der Waals surface area contributed by atoms with E-state index >= 15 is 0 Å². The van der Waals surface area contributed by atoms with Gasteiger partial charge in [-0.05, 0) is 36.8 Å². The fourth-order valence-electron chi connectivity index (χ4n) is 4.00. The average molecular weight is 337 g/mol. The highest BCUT2D eigenvalue weighted by Crippen LogP contribution is 2.52. The molecule has 1 aromatic carbocycles. The fourth-order valence-corrected chi connectivity index (χ4v) is 4.59. The van der Waals surface area contributed by atoms with Gasteiger partial charge in [-0.15, -0.1) is 0 Å². The van der Waals surface area contributed by atoms with Crippen molar-refractivity contribution >= 4 is 41.6 Å². The van der Waals surface area contributed by atoms with E-state index < -0.39 is 17.5 Å². The Morgan fingerprint density at radius 2 is 1.68 bits per heavy atom. The van der Waals surface area contributed by atoms with Crippen LogP contribution in [0.1, 0.15) is 36.8 Å². The maximum absolute atomic E-state index is 12.4. The summed E-state index contributed by atoms with van der Waals surface area (Å²) in [5.41, 5.74) is 1.49. The van der Waals surface area contributed by atoms with Crippen molar-refractivity contribution in [1.82, 2.24) is 8.84 Å². The van der Waals surface area contributed by atoms with Crippen molar-refractivity contribution in [3.63, 3.8) is 0 Å². The second-order valence-corrected chi connectivity index (χ2v) is 6.93. The smallest absolute Gasteiger partial charge is 0.270 e. The number of benzene rings is 1. The maximum atomic E-state index is 12.4. The second kappa shape index (κ2) is 4.49. The number of hydrogen-bond acceptors (Lipinski definition) is 2. The van der Waals surface area contributed by atoms with E-state index in [1.165, 1.54) is 11.1 Å². The molecule has 1 aromatic rings. The van der Waals surface area contributed by atoms with Crippen LogP contribution in [0.5, 0.6) is 0 Å². The van der Waals surface area contributed by atoms with E-state index in [1.807, 2.05) is 12.1 Å². The van der Waals surface area contributed by atoms with Gasteiger partial charge in [-0.3, -0.25) is 4.79 Å². The first kappa shape index (κ1) is 14.1. The maximum Gasteiger partial charge on any atom is 0.357 e. The summed E-state index contributed by atoms with van der Waals surface area (Å²) >= 11 is 11.9. The number of hydrogen-bond donors (Lipinski definition) is 0. The number of amides is 3. The van der Waals surface area contributed by atoms with E-state index in [2.05, 4.69) is 24.3 Å². The minimum Gasteiger partial charge on any atom is -0.270 e. The predicted molar refractivity (Wildman–Crippen MR) is 84.1 cm³/mol. The normalized spacial score (nSPS) is 33.4. The minimum absolute atomic E-state index is 0.0529. The Kier molecular flexibility index (Phi) is 2.88. The Balaban J connectivity index is 1.66. The van der Waals surface area contributed by atoms with E-state index in [1.54, 1.807) is 0 Å². The summed E-state index contributed by atoms with van der Waals surface area (Å²) in [5.74, 6) is -0.403. The molecule has 114 valence electrons. The van der Waals surface area contributed by atoms with Gasteiger partial charge in [-0.25, -0.2) is 9.21 Å². The molecule has 2 fully saturated rings. The van der Waals surface area contributed by atoms with Crippen LogP contribution < -0.4 is 0 Å². The third kappa shape index (κ3) is 1.60.